The van der Waals surface area contributed by atoms with E-state index in [1.54, 1.807) is 12.1 Å². The predicted octanol–water partition coefficient (Wildman–Crippen LogP) is 3.98. The number of fused-ring (bicyclic) bond motifs is 1. The van der Waals surface area contributed by atoms with Gasteiger partial charge in [-0.2, -0.15) is 0 Å². The molecule has 29 heavy (non-hydrogen) atoms. The van der Waals surface area contributed by atoms with E-state index in [-0.39, 0.29) is 29.8 Å². The molecule has 0 unspecified atom stereocenters. The zero-order chi connectivity index (χ0) is 21.2. The molecule has 2 atom stereocenters. The average molecular weight is 418 g/mol. The van der Waals surface area contributed by atoms with E-state index in [2.05, 4.69) is 13.0 Å². The molecule has 7 heteroatoms. The molecule has 0 aromatic heterocycles. The van der Waals surface area contributed by atoms with E-state index in [1.165, 1.54) is 5.57 Å². The molecule has 1 fully saturated rings. The van der Waals surface area contributed by atoms with Crippen LogP contribution < -0.4 is 0 Å². The lowest BCUT2D eigenvalue weighted by Crippen LogP contribution is -2.42. The molecule has 0 aliphatic carbocycles. The summed E-state index contributed by atoms with van der Waals surface area (Å²) in [6, 6.07) is 7.10. The highest BCUT2D eigenvalue weighted by Crippen LogP contribution is 2.41. The minimum Gasteiger partial charge on any atom is -0.508 e. The molecule has 2 aliphatic heterocycles. The van der Waals surface area contributed by atoms with Gasteiger partial charge in [0.05, 0.1) is 17.1 Å². The molecule has 1 saturated heterocycles. The van der Waals surface area contributed by atoms with Crippen LogP contribution in [0, 0.1) is 5.92 Å². The maximum atomic E-state index is 12.7. The summed E-state index contributed by atoms with van der Waals surface area (Å²) in [6.07, 6.45) is 5.27. The summed E-state index contributed by atoms with van der Waals surface area (Å²) in [5.41, 5.74) is 4.14. The van der Waals surface area contributed by atoms with Crippen molar-refractivity contribution in [3.05, 3.63) is 46.5 Å². The van der Waals surface area contributed by atoms with Crippen molar-refractivity contribution in [2.75, 3.05) is 5.75 Å². The maximum Gasteiger partial charge on any atom is 0.456 e. The molecule has 5 nitrogen and oxygen atoms in total. The largest absolute Gasteiger partial charge is 0.508 e. The first-order valence-electron chi connectivity index (χ1n) is 10.5. The third kappa shape index (κ3) is 5.14. The minimum atomic E-state index is -3.26. The fraction of sp³-hybridized carbons (Fsp3) is 0.545. The minimum absolute atomic E-state index is 0.0857. The highest BCUT2D eigenvalue weighted by molar-refractivity contribution is 7.92. The van der Waals surface area contributed by atoms with Gasteiger partial charge in [0.15, 0.2) is 9.84 Å². The molecule has 0 saturated carbocycles. The molecule has 1 aromatic rings. The Kier molecular flexibility index (Phi) is 6.92. The van der Waals surface area contributed by atoms with Crippen molar-refractivity contribution >= 4 is 23.0 Å². The molecule has 0 spiro atoms. The predicted molar refractivity (Wildman–Crippen MR) is 117 cm³/mol. The number of benzene rings is 1. The van der Waals surface area contributed by atoms with Gasteiger partial charge in [-0.05, 0) is 54.0 Å². The molecule has 158 valence electrons. The highest BCUT2D eigenvalue weighted by atomic mass is 32.2. The first-order valence-corrected chi connectivity index (χ1v) is 12.2. The van der Waals surface area contributed by atoms with Crippen molar-refractivity contribution in [1.29, 1.82) is 0 Å². The first kappa shape index (κ1) is 22.1. The molecule has 2 heterocycles. The van der Waals surface area contributed by atoms with Crippen LogP contribution in [0.5, 0.6) is 5.75 Å². The molecule has 0 bridgehead atoms. The monoisotopic (exact) mass is 418 g/mol. The lowest BCUT2D eigenvalue weighted by molar-refractivity contribution is 0.169. The van der Waals surface area contributed by atoms with E-state index < -0.39 is 22.2 Å². The second-order valence-electron chi connectivity index (χ2n) is 8.43. The van der Waals surface area contributed by atoms with Gasteiger partial charge in [-0.1, -0.05) is 51.0 Å². The molecular weight excluding hydrogens is 387 g/mol. The molecule has 0 amide bonds. The Morgan fingerprint density at radius 2 is 1.97 bits per heavy atom. The van der Waals surface area contributed by atoms with Crippen molar-refractivity contribution in [2.45, 2.75) is 64.1 Å². The van der Waals surface area contributed by atoms with Crippen LogP contribution >= 0.6 is 0 Å². The molecule has 0 radical (unpaired) electrons. The van der Waals surface area contributed by atoms with Crippen LogP contribution in [0.4, 0.5) is 0 Å². The Bertz CT molecular complexity index is 886. The Labute approximate surface area is 174 Å². The maximum absolute atomic E-state index is 12.7. The second kappa shape index (κ2) is 9.06. The number of phenolic OH excluding ortho intramolecular Hbond substituents is 1. The number of phenols is 1. The van der Waals surface area contributed by atoms with Gasteiger partial charge in [-0.3, -0.25) is 0 Å². The molecule has 3 rings (SSSR count). The smallest absolute Gasteiger partial charge is 0.456 e. The van der Waals surface area contributed by atoms with E-state index in [0.717, 1.165) is 36.0 Å². The van der Waals surface area contributed by atoms with E-state index in [1.807, 2.05) is 26.0 Å². The quantitative estimate of drug-likeness (QED) is 0.517. The molecular formula is C22H31BO5S. The summed E-state index contributed by atoms with van der Waals surface area (Å²) in [6.45, 7) is 6.18. The third-order valence-corrected chi connectivity index (χ3v) is 7.88. The summed E-state index contributed by atoms with van der Waals surface area (Å²) in [5, 5.41) is 19.0. The van der Waals surface area contributed by atoms with Crippen LogP contribution in [0.1, 0.15) is 52.0 Å². The van der Waals surface area contributed by atoms with Crippen LogP contribution in [-0.4, -0.2) is 42.8 Å². The Morgan fingerprint density at radius 3 is 2.59 bits per heavy atom. The number of allylic oxidation sites excluding steroid dienone is 1. The van der Waals surface area contributed by atoms with Gasteiger partial charge in [0.1, 0.15) is 5.75 Å². The van der Waals surface area contributed by atoms with Gasteiger partial charge in [0.2, 0.25) is 0 Å². The topological polar surface area (TPSA) is 83.8 Å². The van der Waals surface area contributed by atoms with Crippen molar-refractivity contribution in [3.63, 3.8) is 0 Å². The molecule has 1 aromatic carbocycles. The number of hydrogen-bond acceptors (Lipinski definition) is 5. The Balaban J connectivity index is 1.82. The fourth-order valence-corrected chi connectivity index (χ4v) is 6.71. The van der Waals surface area contributed by atoms with Crippen LogP contribution in [-0.2, 0) is 14.5 Å². The van der Waals surface area contributed by atoms with Gasteiger partial charge in [0.25, 0.3) is 0 Å². The summed E-state index contributed by atoms with van der Waals surface area (Å²) >= 11 is 0. The zero-order valence-electron chi connectivity index (χ0n) is 17.5. The van der Waals surface area contributed by atoms with E-state index in [0.29, 0.717) is 6.42 Å². The van der Waals surface area contributed by atoms with E-state index >= 15 is 0 Å². The fourth-order valence-electron chi connectivity index (χ4n) is 4.43. The summed E-state index contributed by atoms with van der Waals surface area (Å²) < 4.78 is 31.2. The Morgan fingerprint density at radius 1 is 1.28 bits per heavy atom. The third-order valence-electron chi connectivity index (χ3n) is 5.85. The summed E-state index contributed by atoms with van der Waals surface area (Å²) in [4.78, 5) is 0. The Hall–Kier alpha value is -1.57. The van der Waals surface area contributed by atoms with Crippen LogP contribution in [0.2, 0.25) is 6.32 Å². The van der Waals surface area contributed by atoms with E-state index in [4.69, 9.17) is 4.65 Å². The lowest BCUT2D eigenvalue weighted by Gasteiger charge is -2.32. The van der Waals surface area contributed by atoms with E-state index in [9.17, 15) is 18.5 Å². The van der Waals surface area contributed by atoms with Gasteiger partial charge < -0.3 is 14.8 Å². The lowest BCUT2D eigenvalue weighted by atomic mass is 9.73. The van der Waals surface area contributed by atoms with Crippen LogP contribution in [0.15, 0.2) is 41.0 Å². The second-order valence-corrected chi connectivity index (χ2v) is 10.6. The SMILES string of the molecule is CCC/C(=C\c1ccc(O)cc1)CC[C@H]1OB(O)C[C@H]2C1=C(C(C)C)CS2(=O)=O. The van der Waals surface area contributed by atoms with Gasteiger partial charge in [-0.15, -0.1) is 0 Å². The van der Waals surface area contributed by atoms with Gasteiger partial charge >= 0.3 is 7.12 Å². The van der Waals surface area contributed by atoms with Crippen LogP contribution in [0.3, 0.4) is 0 Å². The van der Waals surface area contributed by atoms with Crippen molar-refractivity contribution < 1.29 is 23.2 Å². The zero-order valence-corrected chi connectivity index (χ0v) is 18.3. The summed E-state index contributed by atoms with van der Waals surface area (Å²) in [5.74, 6) is 0.474. The average Bonchev–Trinajstić information content (AvgIpc) is 2.93. The first-order chi connectivity index (χ1) is 13.7. The molecule has 2 N–H and O–H groups in total. The number of sulfone groups is 1. The number of aromatic hydroxyl groups is 1. The number of hydrogen-bond donors (Lipinski definition) is 2. The number of rotatable bonds is 7. The normalized spacial score (nSPS) is 24.3. The van der Waals surface area contributed by atoms with Crippen molar-refractivity contribution in [1.82, 2.24) is 0 Å². The van der Waals surface area contributed by atoms with Gasteiger partial charge in [0, 0.05) is 6.32 Å². The van der Waals surface area contributed by atoms with Crippen molar-refractivity contribution in [2.24, 2.45) is 5.92 Å². The van der Waals surface area contributed by atoms with Gasteiger partial charge in [-0.25, -0.2) is 8.42 Å². The van der Waals surface area contributed by atoms with Crippen LogP contribution in [0.25, 0.3) is 6.08 Å². The molecule has 2 aliphatic rings. The summed E-state index contributed by atoms with van der Waals surface area (Å²) in [7, 11) is -4.30. The highest BCUT2D eigenvalue weighted by Gasteiger charge is 2.48. The standard InChI is InChI=1S/C22H31BO5S/c1-4-5-16(12-17-6-9-18(24)10-7-17)8-11-20-22-19(15(2)3)14-29(26,27)21(22)13-23(25)28-20/h6-7,9-10,12,15,20-21,24-25H,4-5,8,11,13-14H2,1-3H3/b16-12+/t20-,21+/m1/s1. The van der Waals surface area contributed by atoms with Crippen molar-refractivity contribution in [3.8, 4) is 5.75 Å².